The molecule has 7 heteroatoms. The van der Waals surface area contributed by atoms with Crippen LogP contribution in [0.2, 0.25) is 0 Å². The van der Waals surface area contributed by atoms with Gasteiger partial charge in [-0.3, -0.25) is 4.79 Å². The Kier molecular flexibility index (Phi) is 5.01. The molecular formula is C21H16N4O3. The number of nitrogen functional groups attached to an aromatic ring is 1. The first kappa shape index (κ1) is 18.6. The summed E-state index contributed by atoms with van der Waals surface area (Å²) in [4.78, 5) is 14.5. The third-order valence-electron chi connectivity index (χ3n) is 4.34. The Bertz CT molecular complexity index is 1200. The Morgan fingerprint density at radius 3 is 2.18 bits per heavy atom. The van der Waals surface area contributed by atoms with Crippen LogP contribution in [-0.2, 0) is 0 Å². The number of pyridine rings is 1. The third-order valence-corrected chi connectivity index (χ3v) is 4.34. The normalized spacial score (nSPS) is 10.0. The maximum Gasteiger partial charge on any atom is 0.268 e. The molecule has 0 fully saturated rings. The number of nitrogens with two attached hydrogens (primary N) is 1. The molecule has 1 heterocycles. The number of rotatable bonds is 4. The fourth-order valence-electron chi connectivity index (χ4n) is 3.00. The van der Waals surface area contributed by atoms with Crippen molar-refractivity contribution in [3.63, 3.8) is 0 Å². The fourth-order valence-corrected chi connectivity index (χ4v) is 3.00. The Morgan fingerprint density at radius 2 is 1.54 bits per heavy atom. The summed E-state index contributed by atoms with van der Waals surface area (Å²) in [5, 5.41) is 18.9. The first-order chi connectivity index (χ1) is 13.5. The molecule has 0 saturated carbocycles. The standard InChI is InChI=1S/C21H16N4O3/c1-27-17-7-6-13(9-18(17)28-2)12-4-3-5-14(8-12)19-15(10-22)20(24)25-21(26)16(19)11-23/h3-9H,1-2H3,(H3,24,25,26). The number of benzene rings is 2. The lowest BCUT2D eigenvalue weighted by atomic mass is 9.93. The van der Waals surface area contributed by atoms with Crippen LogP contribution in [0.4, 0.5) is 5.82 Å². The molecule has 3 aromatic rings. The first-order valence-corrected chi connectivity index (χ1v) is 8.22. The van der Waals surface area contributed by atoms with Crippen molar-refractivity contribution in [2.45, 2.75) is 0 Å². The van der Waals surface area contributed by atoms with E-state index in [1.165, 1.54) is 0 Å². The molecule has 0 aliphatic heterocycles. The van der Waals surface area contributed by atoms with Gasteiger partial charge in [0.25, 0.3) is 5.56 Å². The SMILES string of the molecule is COc1ccc(-c2cccc(-c3c(C#N)c(N)[nH]c(=O)c3C#N)c2)cc1OC. The number of aromatic nitrogens is 1. The van der Waals surface area contributed by atoms with Crippen molar-refractivity contribution >= 4 is 5.82 Å². The van der Waals surface area contributed by atoms with Crippen LogP contribution in [0.3, 0.4) is 0 Å². The van der Waals surface area contributed by atoms with Gasteiger partial charge in [-0.25, -0.2) is 0 Å². The zero-order chi connectivity index (χ0) is 20.3. The number of nitrogens with zero attached hydrogens (tertiary/aromatic N) is 2. The second-order valence-corrected chi connectivity index (χ2v) is 5.87. The highest BCUT2D eigenvalue weighted by Gasteiger charge is 2.18. The van der Waals surface area contributed by atoms with E-state index in [1.54, 1.807) is 38.5 Å². The van der Waals surface area contributed by atoms with Crippen LogP contribution in [0.15, 0.2) is 47.3 Å². The highest BCUT2D eigenvalue weighted by atomic mass is 16.5. The van der Waals surface area contributed by atoms with Crippen molar-refractivity contribution in [3.8, 4) is 45.9 Å². The third kappa shape index (κ3) is 3.13. The first-order valence-electron chi connectivity index (χ1n) is 8.22. The molecule has 3 N–H and O–H groups in total. The van der Waals surface area contributed by atoms with Gasteiger partial charge in [-0.1, -0.05) is 24.3 Å². The average Bonchev–Trinajstić information content (AvgIpc) is 2.72. The highest BCUT2D eigenvalue weighted by molar-refractivity contribution is 5.83. The molecule has 0 atom stereocenters. The number of aromatic amines is 1. The molecule has 0 amide bonds. The summed E-state index contributed by atoms with van der Waals surface area (Å²) in [5.74, 6) is 1.10. The maximum absolute atomic E-state index is 12.1. The van der Waals surface area contributed by atoms with Crippen LogP contribution in [0.1, 0.15) is 11.1 Å². The minimum Gasteiger partial charge on any atom is -0.493 e. The number of methoxy groups -OCH3 is 2. The zero-order valence-corrected chi connectivity index (χ0v) is 15.2. The number of hydrogen-bond donors (Lipinski definition) is 2. The average molecular weight is 372 g/mol. The number of anilines is 1. The summed E-state index contributed by atoms with van der Waals surface area (Å²) in [7, 11) is 3.11. The number of ether oxygens (including phenoxy) is 2. The molecule has 0 radical (unpaired) electrons. The number of nitriles is 2. The van der Waals surface area contributed by atoms with E-state index >= 15 is 0 Å². The largest absolute Gasteiger partial charge is 0.493 e. The van der Waals surface area contributed by atoms with E-state index in [0.717, 1.165) is 11.1 Å². The van der Waals surface area contributed by atoms with Gasteiger partial charge in [-0.15, -0.1) is 0 Å². The van der Waals surface area contributed by atoms with E-state index in [0.29, 0.717) is 17.1 Å². The lowest BCUT2D eigenvalue weighted by molar-refractivity contribution is 0.355. The molecule has 7 nitrogen and oxygen atoms in total. The van der Waals surface area contributed by atoms with Crippen LogP contribution in [0.25, 0.3) is 22.3 Å². The fraction of sp³-hybridized carbons (Fsp3) is 0.0952. The van der Waals surface area contributed by atoms with Crippen LogP contribution in [0.5, 0.6) is 11.5 Å². The van der Waals surface area contributed by atoms with Crippen LogP contribution in [0, 0.1) is 22.7 Å². The monoisotopic (exact) mass is 372 g/mol. The molecule has 0 bridgehead atoms. The van der Waals surface area contributed by atoms with Gasteiger partial charge in [-0.05, 0) is 34.9 Å². The zero-order valence-electron chi connectivity index (χ0n) is 15.2. The van der Waals surface area contributed by atoms with Crippen LogP contribution in [-0.4, -0.2) is 19.2 Å². The second-order valence-electron chi connectivity index (χ2n) is 5.87. The number of H-pyrrole nitrogens is 1. The van der Waals surface area contributed by atoms with Crippen LogP contribution >= 0.6 is 0 Å². The molecule has 28 heavy (non-hydrogen) atoms. The molecule has 1 aromatic heterocycles. The van der Waals surface area contributed by atoms with Gasteiger partial charge in [0.15, 0.2) is 11.5 Å². The maximum atomic E-state index is 12.1. The Labute approximate surface area is 161 Å². The van der Waals surface area contributed by atoms with Gasteiger partial charge < -0.3 is 20.2 Å². The van der Waals surface area contributed by atoms with Crippen molar-refractivity contribution in [1.29, 1.82) is 10.5 Å². The second kappa shape index (κ2) is 7.56. The quantitative estimate of drug-likeness (QED) is 0.725. The van der Waals surface area contributed by atoms with Crippen molar-refractivity contribution in [3.05, 3.63) is 63.9 Å². The van der Waals surface area contributed by atoms with Gasteiger partial charge in [0.2, 0.25) is 0 Å². The predicted octanol–water partition coefficient (Wildman–Crippen LogP) is 3.05. The van der Waals surface area contributed by atoms with Crippen molar-refractivity contribution in [2.24, 2.45) is 0 Å². The van der Waals surface area contributed by atoms with Gasteiger partial charge in [0.05, 0.1) is 14.2 Å². The molecule has 138 valence electrons. The van der Waals surface area contributed by atoms with E-state index < -0.39 is 5.56 Å². The summed E-state index contributed by atoms with van der Waals surface area (Å²) in [6, 6.07) is 16.5. The summed E-state index contributed by atoms with van der Waals surface area (Å²) in [5.41, 5.74) is 7.47. The van der Waals surface area contributed by atoms with Crippen molar-refractivity contribution < 1.29 is 9.47 Å². The smallest absolute Gasteiger partial charge is 0.268 e. The molecule has 3 rings (SSSR count). The minimum absolute atomic E-state index is 0.0561. The Hall–Kier alpha value is -4.23. The lowest BCUT2D eigenvalue weighted by Crippen LogP contribution is -2.16. The Morgan fingerprint density at radius 1 is 0.893 bits per heavy atom. The van der Waals surface area contributed by atoms with E-state index in [2.05, 4.69) is 4.98 Å². The number of hydrogen-bond acceptors (Lipinski definition) is 6. The van der Waals surface area contributed by atoms with Gasteiger partial charge >= 0.3 is 0 Å². The lowest BCUT2D eigenvalue weighted by Gasteiger charge is -2.12. The van der Waals surface area contributed by atoms with Gasteiger partial charge in [0.1, 0.15) is 29.1 Å². The topological polar surface area (TPSA) is 125 Å². The molecule has 2 aromatic carbocycles. The van der Waals surface area contributed by atoms with E-state index in [-0.39, 0.29) is 22.5 Å². The molecule has 0 unspecified atom stereocenters. The molecule has 0 saturated heterocycles. The van der Waals surface area contributed by atoms with Gasteiger partial charge in [-0.2, -0.15) is 10.5 Å². The molecule has 0 aliphatic carbocycles. The molecular weight excluding hydrogens is 356 g/mol. The van der Waals surface area contributed by atoms with Crippen molar-refractivity contribution in [1.82, 2.24) is 4.98 Å². The molecule has 0 spiro atoms. The summed E-state index contributed by atoms with van der Waals surface area (Å²) in [6.07, 6.45) is 0. The summed E-state index contributed by atoms with van der Waals surface area (Å²) >= 11 is 0. The van der Waals surface area contributed by atoms with Crippen LogP contribution < -0.4 is 20.8 Å². The highest BCUT2D eigenvalue weighted by Crippen LogP contribution is 2.35. The van der Waals surface area contributed by atoms with E-state index in [4.69, 9.17) is 15.2 Å². The predicted molar refractivity (Wildman–Crippen MR) is 105 cm³/mol. The summed E-state index contributed by atoms with van der Waals surface area (Å²) in [6.45, 7) is 0. The van der Waals surface area contributed by atoms with Crippen molar-refractivity contribution in [2.75, 3.05) is 20.0 Å². The Balaban J connectivity index is 2.23. The van der Waals surface area contributed by atoms with E-state index in [9.17, 15) is 15.3 Å². The van der Waals surface area contributed by atoms with E-state index in [1.807, 2.05) is 30.3 Å². The summed E-state index contributed by atoms with van der Waals surface area (Å²) < 4.78 is 10.6. The number of nitrogens with one attached hydrogen (secondary N) is 1. The molecule has 0 aliphatic rings. The minimum atomic E-state index is -0.634. The van der Waals surface area contributed by atoms with Gasteiger partial charge in [0, 0.05) is 5.56 Å².